The van der Waals surface area contributed by atoms with Crippen molar-refractivity contribution in [1.29, 1.82) is 0 Å². The highest BCUT2D eigenvalue weighted by molar-refractivity contribution is 4.75. The third-order valence-electron chi connectivity index (χ3n) is 1.18. The third kappa shape index (κ3) is 2.99. The molecule has 0 saturated heterocycles. The zero-order chi connectivity index (χ0) is 6.62. The summed E-state index contributed by atoms with van der Waals surface area (Å²) in [5, 5.41) is 8.60. The van der Waals surface area contributed by atoms with E-state index in [1.807, 2.05) is 6.92 Å². The van der Waals surface area contributed by atoms with Gasteiger partial charge in [-0.05, 0) is 13.3 Å². The van der Waals surface area contributed by atoms with Gasteiger partial charge in [-0.25, -0.2) is 0 Å². The van der Waals surface area contributed by atoms with Crippen molar-refractivity contribution in [3.8, 4) is 0 Å². The molecule has 0 bridgehead atoms. The number of aliphatic hydroxyl groups is 1. The van der Waals surface area contributed by atoms with E-state index in [2.05, 4.69) is 6.92 Å². The molecule has 3 N–H and O–H groups in total. The molecule has 0 amide bonds. The molecule has 0 spiro atoms. The predicted molar refractivity (Wildman–Crippen MR) is 34.6 cm³/mol. The second-order valence-corrected chi connectivity index (χ2v) is 2.56. The fraction of sp³-hybridized carbons (Fsp3) is 1.00. The summed E-state index contributed by atoms with van der Waals surface area (Å²) < 4.78 is 0. The lowest BCUT2D eigenvalue weighted by atomic mass is 9.99. The summed E-state index contributed by atoms with van der Waals surface area (Å²) in [6.07, 6.45) is 1.93. The van der Waals surface area contributed by atoms with Crippen LogP contribution in [0.1, 0.15) is 26.7 Å². The molecule has 1 atom stereocenters. The monoisotopic (exact) mass is 117 g/mol. The Balaban J connectivity index is 3.37. The van der Waals surface area contributed by atoms with Crippen molar-refractivity contribution in [2.45, 2.75) is 32.2 Å². The van der Waals surface area contributed by atoms with E-state index in [0.717, 1.165) is 12.8 Å². The molecule has 0 aliphatic heterocycles. The highest BCUT2D eigenvalue weighted by atomic mass is 16.3. The maximum atomic E-state index is 8.60. The molecule has 2 nitrogen and oxygen atoms in total. The van der Waals surface area contributed by atoms with Gasteiger partial charge in [-0.1, -0.05) is 13.3 Å². The van der Waals surface area contributed by atoms with Crippen molar-refractivity contribution in [1.82, 2.24) is 0 Å². The molecule has 0 aliphatic carbocycles. The van der Waals surface area contributed by atoms with Crippen LogP contribution in [0.2, 0.25) is 0 Å². The smallest absolute Gasteiger partial charge is 0.0608 e. The van der Waals surface area contributed by atoms with Gasteiger partial charge in [-0.2, -0.15) is 0 Å². The molecule has 0 aliphatic rings. The minimum atomic E-state index is -0.352. The Labute approximate surface area is 50.7 Å². The standard InChI is InChI=1S/C6H15NO/c1-3-4-6(2,7)5-8/h8H,3-5,7H2,1-2H3/t6-/m1/s1. The van der Waals surface area contributed by atoms with E-state index in [9.17, 15) is 0 Å². The fourth-order valence-electron chi connectivity index (χ4n) is 0.650. The zero-order valence-corrected chi connectivity index (χ0v) is 5.65. The van der Waals surface area contributed by atoms with E-state index in [1.165, 1.54) is 0 Å². The molecule has 8 heavy (non-hydrogen) atoms. The van der Waals surface area contributed by atoms with E-state index in [4.69, 9.17) is 10.8 Å². The normalized spacial score (nSPS) is 18.0. The first kappa shape index (κ1) is 7.92. The Hall–Kier alpha value is -0.0800. The van der Waals surface area contributed by atoms with Crippen molar-refractivity contribution in [3.63, 3.8) is 0 Å². The molecule has 0 unspecified atom stereocenters. The Kier molecular flexibility index (Phi) is 3.02. The highest BCUT2D eigenvalue weighted by Crippen LogP contribution is 2.05. The zero-order valence-electron chi connectivity index (χ0n) is 5.65. The van der Waals surface area contributed by atoms with E-state index in [0.29, 0.717) is 0 Å². The molecule has 2 heteroatoms. The molecule has 0 radical (unpaired) electrons. The Morgan fingerprint density at radius 3 is 2.25 bits per heavy atom. The molecule has 0 aromatic heterocycles. The van der Waals surface area contributed by atoms with Crippen molar-refractivity contribution in [3.05, 3.63) is 0 Å². The van der Waals surface area contributed by atoms with E-state index < -0.39 is 0 Å². The van der Waals surface area contributed by atoms with Crippen LogP contribution in [-0.4, -0.2) is 17.3 Å². The summed E-state index contributed by atoms with van der Waals surface area (Å²) in [7, 11) is 0. The Morgan fingerprint density at radius 1 is 1.62 bits per heavy atom. The summed E-state index contributed by atoms with van der Waals surface area (Å²) in [6, 6.07) is 0. The van der Waals surface area contributed by atoms with Gasteiger partial charge in [-0.15, -0.1) is 0 Å². The Morgan fingerprint density at radius 2 is 2.12 bits per heavy atom. The van der Waals surface area contributed by atoms with Gasteiger partial charge < -0.3 is 10.8 Å². The summed E-state index contributed by atoms with van der Waals surface area (Å²) in [5.74, 6) is 0. The average molecular weight is 117 g/mol. The molecule has 50 valence electrons. The number of nitrogens with two attached hydrogens (primary N) is 1. The van der Waals surface area contributed by atoms with Crippen LogP contribution >= 0.6 is 0 Å². The van der Waals surface area contributed by atoms with Crippen LogP contribution in [0.25, 0.3) is 0 Å². The number of rotatable bonds is 3. The summed E-state index contributed by atoms with van der Waals surface area (Å²) >= 11 is 0. The molecule has 0 aromatic rings. The van der Waals surface area contributed by atoms with Crippen LogP contribution in [0, 0.1) is 0 Å². The first-order valence-corrected chi connectivity index (χ1v) is 3.02. The third-order valence-corrected chi connectivity index (χ3v) is 1.18. The highest BCUT2D eigenvalue weighted by Gasteiger charge is 2.13. The lowest BCUT2D eigenvalue weighted by Crippen LogP contribution is -2.39. The van der Waals surface area contributed by atoms with Crippen LogP contribution in [0.3, 0.4) is 0 Å². The van der Waals surface area contributed by atoms with Crippen molar-refractivity contribution in [2.24, 2.45) is 5.73 Å². The molecular weight excluding hydrogens is 102 g/mol. The molecule has 0 heterocycles. The predicted octanol–water partition coefficient (Wildman–Crippen LogP) is 0.496. The molecule has 0 rings (SSSR count). The topological polar surface area (TPSA) is 46.2 Å². The quantitative estimate of drug-likeness (QED) is 0.565. The van der Waals surface area contributed by atoms with Crippen LogP contribution in [-0.2, 0) is 0 Å². The lowest BCUT2D eigenvalue weighted by molar-refractivity contribution is 0.199. The largest absolute Gasteiger partial charge is 0.394 e. The number of aliphatic hydroxyl groups excluding tert-OH is 1. The molecular formula is C6H15NO. The van der Waals surface area contributed by atoms with E-state index >= 15 is 0 Å². The maximum Gasteiger partial charge on any atom is 0.0608 e. The first-order valence-electron chi connectivity index (χ1n) is 3.02. The average Bonchev–Trinajstić information content (AvgIpc) is 1.67. The van der Waals surface area contributed by atoms with Gasteiger partial charge in [0.05, 0.1) is 6.61 Å². The van der Waals surface area contributed by atoms with Crippen molar-refractivity contribution >= 4 is 0 Å². The van der Waals surface area contributed by atoms with Gasteiger partial charge in [0, 0.05) is 5.54 Å². The molecule has 0 fully saturated rings. The summed E-state index contributed by atoms with van der Waals surface area (Å²) in [5.41, 5.74) is 5.22. The van der Waals surface area contributed by atoms with Crippen LogP contribution < -0.4 is 5.73 Å². The lowest BCUT2D eigenvalue weighted by Gasteiger charge is -2.19. The van der Waals surface area contributed by atoms with Gasteiger partial charge in [0.1, 0.15) is 0 Å². The molecule has 0 saturated carbocycles. The van der Waals surface area contributed by atoms with Gasteiger partial charge in [0.2, 0.25) is 0 Å². The van der Waals surface area contributed by atoms with Crippen molar-refractivity contribution in [2.75, 3.05) is 6.61 Å². The van der Waals surface area contributed by atoms with E-state index in [-0.39, 0.29) is 12.1 Å². The van der Waals surface area contributed by atoms with Crippen LogP contribution in [0.5, 0.6) is 0 Å². The van der Waals surface area contributed by atoms with Crippen LogP contribution in [0.15, 0.2) is 0 Å². The number of hydrogen-bond acceptors (Lipinski definition) is 2. The van der Waals surface area contributed by atoms with Gasteiger partial charge in [0.15, 0.2) is 0 Å². The van der Waals surface area contributed by atoms with E-state index in [1.54, 1.807) is 0 Å². The SMILES string of the molecule is CCC[C@@](C)(N)CO. The van der Waals surface area contributed by atoms with Gasteiger partial charge >= 0.3 is 0 Å². The second kappa shape index (κ2) is 3.05. The first-order chi connectivity index (χ1) is 3.62. The fourth-order valence-corrected chi connectivity index (χ4v) is 0.650. The van der Waals surface area contributed by atoms with Crippen molar-refractivity contribution < 1.29 is 5.11 Å². The van der Waals surface area contributed by atoms with Gasteiger partial charge in [-0.3, -0.25) is 0 Å². The minimum absolute atomic E-state index is 0.0842. The summed E-state index contributed by atoms with van der Waals surface area (Å²) in [6.45, 7) is 4.00. The Bertz CT molecular complexity index is 61.5. The molecule has 0 aromatic carbocycles. The summed E-state index contributed by atoms with van der Waals surface area (Å²) in [4.78, 5) is 0. The minimum Gasteiger partial charge on any atom is -0.394 e. The van der Waals surface area contributed by atoms with Gasteiger partial charge in [0.25, 0.3) is 0 Å². The second-order valence-electron chi connectivity index (χ2n) is 2.56. The number of hydrogen-bond donors (Lipinski definition) is 2. The maximum absolute atomic E-state index is 8.60. The van der Waals surface area contributed by atoms with Crippen LogP contribution in [0.4, 0.5) is 0 Å².